The van der Waals surface area contributed by atoms with Crippen LogP contribution in [0.2, 0.25) is 0 Å². The molecule has 2 amide bonds. The number of rotatable bonds is 5. The quantitative estimate of drug-likeness (QED) is 0.672. The molecule has 30 heavy (non-hydrogen) atoms. The van der Waals surface area contributed by atoms with Crippen molar-refractivity contribution in [2.24, 2.45) is 0 Å². The van der Waals surface area contributed by atoms with E-state index in [4.69, 9.17) is 4.74 Å². The first kappa shape index (κ1) is 19.6. The van der Waals surface area contributed by atoms with Crippen molar-refractivity contribution < 1.29 is 9.53 Å². The van der Waals surface area contributed by atoms with Gasteiger partial charge in [-0.3, -0.25) is 4.90 Å². The van der Waals surface area contributed by atoms with Crippen LogP contribution in [-0.2, 0) is 6.42 Å². The molecule has 154 valence electrons. The van der Waals surface area contributed by atoms with Gasteiger partial charge in [-0.15, -0.1) is 0 Å². The van der Waals surface area contributed by atoms with Gasteiger partial charge in [0.2, 0.25) is 0 Å². The number of carbonyl (C=O) groups is 1. The van der Waals surface area contributed by atoms with Gasteiger partial charge in [-0.1, -0.05) is 12.1 Å². The third-order valence-electron chi connectivity index (χ3n) is 4.83. The number of ether oxygens (including phenoxy) is 1. The lowest BCUT2D eigenvalue weighted by molar-refractivity contribution is 0.241. The Balaban J connectivity index is 1.45. The molecule has 0 saturated heterocycles. The Hall–Kier alpha value is -3.75. The van der Waals surface area contributed by atoms with Gasteiger partial charge in [0.05, 0.1) is 17.9 Å². The summed E-state index contributed by atoms with van der Waals surface area (Å²) in [5.41, 5.74) is 3.43. The number of para-hydroxylation sites is 1. The SMILES string of the molecule is CNC(=O)N1CCOc2c(CCNc3cc(-c4cnc(C)nc4)ncn3)cccc21. The van der Waals surface area contributed by atoms with Gasteiger partial charge in [0.1, 0.15) is 30.3 Å². The minimum atomic E-state index is -0.136. The summed E-state index contributed by atoms with van der Waals surface area (Å²) in [7, 11) is 1.63. The highest BCUT2D eigenvalue weighted by atomic mass is 16.5. The monoisotopic (exact) mass is 405 g/mol. The second-order valence-corrected chi connectivity index (χ2v) is 6.80. The van der Waals surface area contributed by atoms with Crippen molar-refractivity contribution in [1.29, 1.82) is 0 Å². The van der Waals surface area contributed by atoms with E-state index in [0.717, 1.165) is 46.3 Å². The second-order valence-electron chi connectivity index (χ2n) is 6.80. The first-order chi connectivity index (χ1) is 14.7. The van der Waals surface area contributed by atoms with E-state index < -0.39 is 0 Å². The van der Waals surface area contributed by atoms with Crippen molar-refractivity contribution in [3.63, 3.8) is 0 Å². The Kier molecular flexibility index (Phi) is 5.69. The van der Waals surface area contributed by atoms with Crippen LogP contribution in [0.3, 0.4) is 0 Å². The summed E-state index contributed by atoms with van der Waals surface area (Å²) >= 11 is 0. The number of aryl methyl sites for hydroxylation is 1. The summed E-state index contributed by atoms with van der Waals surface area (Å²) < 4.78 is 5.88. The number of urea groups is 1. The predicted molar refractivity (Wildman–Crippen MR) is 114 cm³/mol. The molecule has 3 heterocycles. The third-order valence-corrected chi connectivity index (χ3v) is 4.83. The molecule has 2 N–H and O–H groups in total. The maximum atomic E-state index is 12.1. The Morgan fingerprint density at radius 2 is 2.03 bits per heavy atom. The molecule has 1 aromatic carbocycles. The molecule has 0 saturated carbocycles. The predicted octanol–water partition coefficient (Wildman–Crippen LogP) is 2.43. The van der Waals surface area contributed by atoms with Crippen LogP contribution in [0.5, 0.6) is 5.75 Å². The number of benzene rings is 1. The Labute approximate surface area is 174 Å². The van der Waals surface area contributed by atoms with E-state index >= 15 is 0 Å². The molecule has 0 aliphatic carbocycles. The first-order valence-electron chi connectivity index (χ1n) is 9.74. The van der Waals surface area contributed by atoms with Crippen molar-refractivity contribution in [2.75, 3.05) is 37.0 Å². The summed E-state index contributed by atoms with van der Waals surface area (Å²) in [6.07, 6.45) is 5.74. The van der Waals surface area contributed by atoms with Crippen molar-refractivity contribution in [1.82, 2.24) is 25.3 Å². The van der Waals surface area contributed by atoms with Crippen LogP contribution in [0.1, 0.15) is 11.4 Å². The van der Waals surface area contributed by atoms with Gasteiger partial charge in [0.25, 0.3) is 0 Å². The van der Waals surface area contributed by atoms with E-state index in [2.05, 4.69) is 30.6 Å². The van der Waals surface area contributed by atoms with Crippen LogP contribution < -0.4 is 20.3 Å². The fourth-order valence-electron chi connectivity index (χ4n) is 3.31. The van der Waals surface area contributed by atoms with E-state index in [0.29, 0.717) is 19.7 Å². The molecule has 3 aromatic rings. The zero-order valence-corrected chi connectivity index (χ0v) is 16.9. The number of carbonyl (C=O) groups excluding carboxylic acids is 1. The molecule has 1 aliphatic rings. The highest BCUT2D eigenvalue weighted by Crippen LogP contribution is 2.35. The Bertz CT molecular complexity index is 1040. The van der Waals surface area contributed by atoms with E-state index in [1.165, 1.54) is 6.33 Å². The number of fused-ring (bicyclic) bond motifs is 1. The number of hydrogen-bond acceptors (Lipinski definition) is 7. The lowest BCUT2D eigenvalue weighted by Gasteiger charge is -2.30. The maximum Gasteiger partial charge on any atom is 0.321 e. The van der Waals surface area contributed by atoms with E-state index in [1.807, 2.05) is 31.2 Å². The highest BCUT2D eigenvalue weighted by Gasteiger charge is 2.24. The summed E-state index contributed by atoms with van der Waals surface area (Å²) in [5.74, 6) is 2.20. The van der Waals surface area contributed by atoms with E-state index in [-0.39, 0.29) is 6.03 Å². The van der Waals surface area contributed by atoms with Gasteiger partial charge in [-0.05, 0) is 25.0 Å². The number of anilines is 2. The molecule has 0 fully saturated rings. The summed E-state index contributed by atoms with van der Waals surface area (Å²) in [6.45, 7) is 3.50. The fourth-order valence-corrected chi connectivity index (χ4v) is 3.31. The molecule has 0 atom stereocenters. The zero-order chi connectivity index (χ0) is 20.9. The summed E-state index contributed by atoms with van der Waals surface area (Å²) in [5, 5.41) is 6.00. The van der Waals surface area contributed by atoms with Crippen LogP contribution in [-0.4, -0.2) is 52.7 Å². The zero-order valence-electron chi connectivity index (χ0n) is 16.9. The van der Waals surface area contributed by atoms with Crippen LogP contribution in [0, 0.1) is 6.92 Å². The molecule has 0 unspecified atom stereocenters. The Morgan fingerprint density at radius 1 is 1.20 bits per heavy atom. The molecule has 0 spiro atoms. The number of aromatic nitrogens is 4. The molecular weight excluding hydrogens is 382 g/mol. The minimum Gasteiger partial charge on any atom is -0.489 e. The summed E-state index contributed by atoms with van der Waals surface area (Å²) in [6, 6.07) is 7.60. The van der Waals surface area contributed by atoms with Crippen LogP contribution in [0.4, 0.5) is 16.3 Å². The lowest BCUT2D eigenvalue weighted by Crippen LogP contribution is -2.43. The van der Waals surface area contributed by atoms with Gasteiger partial charge in [-0.25, -0.2) is 24.7 Å². The van der Waals surface area contributed by atoms with Crippen LogP contribution in [0.15, 0.2) is 43.0 Å². The molecule has 4 rings (SSSR count). The second kappa shape index (κ2) is 8.73. The number of nitrogens with one attached hydrogen (secondary N) is 2. The van der Waals surface area contributed by atoms with Crippen molar-refractivity contribution in [3.8, 4) is 17.0 Å². The van der Waals surface area contributed by atoms with Crippen molar-refractivity contribution >= 4 is 17.5 Å². The molecule has 1 aliphatic heterocycles. The van der Waals surface area contributed by atoms with Gasteiger partial charge in [0, 0.05) is 37.6 Å². The number of nitrogens with zero attached hydrogens (tertiary/aromatic N) is 5. The van der Waals surface area contributed by atoms with Gasteiger partial charge < -0.3 is 15.4 Å². The summed E-state index contributed by atoms with van der Waals surface area (Å²) in [4.78, 5) is 30.9. The smallest absolute Gasteiger partial charge is 0.321 e. The standard InChI is InChI=1S/C21H23N7O2/c1-14-24-11-16(12-25-14)17-10-19(27-13-26-17)23-7-6-15-4-3-5-18-20(15)30-9-8-28(18)21(29)22-2/h3-5,10-13H,6-9H2,1-2H3,(H,22,29)(H,23,26,27). The fraction of sp³-hybridized carbons (Fsp3) is 0.286. The topological polar surface area (TPSA) is 105 Å². The van der Waals surface area contributed by atoms with E-state index in [9.17, 15) is 4.79 Å². The van der Waals surface area contributed by atoms with Crippen molar-refractivity contribution in [3.05, 3.63) is 54.4 Å². The number of amides is 2. The minimum absolute atomic E-state index is 0.136. The van der Waals surface area contributed by atoms with Crippen LogP contribution in [0.25, 0.3) is 11.3 Å². The Morgan fingerprint density at radius 3 is 2.83 bits per heavy atom. The van der Waals surface area contributed by atoms with Crippen molar-refractivity contribution in [2.45, 2.75) is 13.3 Å². The third kappa shape index (κ3) is 4.14. The van der Waals surface area contributed by atoms with E-state index in [1.54, 1.807) is 24.3 Å². The average molecular weight is 405 g/mol. The maximum absolute atomic E-state index is 12.1. The molecular formula is C21H23N7O2. The number of hydrogen-bond donors (Lipinski definition) is 2. The largest absolute Gasteiger partial charge is 0.489 e. The average Bonchev–Trinajstić information content (AvgIpc) is 2.79. The van der Waals surface area contributed by atoms with Gasteiger partial charge in [0.15, 0.2) is 0 Å². The van der Waals surface area contributed by atoms with Crippen LogP contribution >= 0.6 is 0 Å². The molecule has 0 radical (unpaired) electrons. The molecule has 9 nitrogen and oxygen atoms in total. The normalized spacial score (nSPS) is 12.7. The highest BCUT2D eigenvalue weighted by molar-refractivity contribution is 5.94. The van der Waals surface area contributed by atoms with Gasteiger partial charge in [-0.2, -0.15) is 0 Å². The molecule has 2 aromatic heterocycles. The molecule has 9 heteroatoms. The molecule has 0 bridgehead atoms. The van der Waals surface area contributed by atoms with Gasteiger partial charge >= 0.3 is 6.03 Å². The lowest BCUT2D eigenvalue weighted by atomic mass is 10.1. The first-order valence-corrected chi connectivity index (χ1v) is 9.74.